The van der Waals surface area contributed by atoms with Crippen molar-refractivity contribution in [3.05, 3.63) is 90.3 Å². The molecule has 0 saturated carbocycles. The highest BCUT2D eigenvalue weighted by molar-refractivity contribution is 8.00. The van der Waals surface area contributed by atoms with Crippen molar-refractivity contribution in [3.8, 4) is 17.1 Å². The van der Waals surface area contributed by atoms with E-state index in [0.717, 1.165) is 23.5 Å². The predicted octanol–water partition coefficient (Wildman–Crippen LogP) is 5.26. The zero-order valence-corrected chi connectivity index (χ0v) is 17.7. The second-order valence-corrected chi connectivity index (χ2v) is 8.20. The van der Waals surface area contributed by atoms with Crippen LogP contribution in [-0.4, -0.2) is 30.8 Å². The van der Waals surface area contributed by atoms with Crippen LogP contribution in [0.3, 0.4) is 0 Å². The van der Waals surface area contributed by atoms with Crippen molar-refractivity contribution in [1.29, 1.82) is 0 Å². The predicted molar refractivity (Wildman–Crippen MR) is 120 cm³/mol. The molecule has 5 nitrogen and oxygen atoms in total. The van der Waals surface area contributed by atoms with Gasteiger partial charge >= 0.3 is 0 Å². The summed E-state index contributed by atoms with van der Waals surface area (Å²) >= 11 is 1.42. The molecule has 2 aromatic heterocycles. The fourth-order valence-corrected chi connectivity index (χ4v) is 4.14. The van der Waals surface area contributed by atoms with Gasteiger partial charge in [0.05, 0.1) is 5.25 Å². The van der Waals surface area contributed by atoms with Crippen molar-refractivity contribution in [2.45, 2.75) is 30.7 Å². The molecule has 1 atom stereocenters. The zero-order chi connectivity index (χ0) is 20.9. The van der Waals surface area contributed by atoms with Crippen LogP contribution in [-0.2, 0) is 6.42 Å². The highest BCUT2D eigenvalue weighted by atomic mass is 32.2. The van der Waals surface area contributed by atoms with Crippen molar-refractivity contribution in [2.24, 2.45) is 0 Å². The second-order valence-electron chi connectivity index (χ2n) is 6.89. The number of thioether (sulfide) groups is 1. The van der Waals surface area contributed by atoms with Crippen LogP contribution in [0.2, 0.25) is 0 Å². The number of ketones is 1. The van der Waals surface area contributed by atoms with Gasteiger partial charge in [-0.25, -0.2) is 0 Å². The molecule has 30 heavy (non-hydrogen) atoms. The summed E-state index contributed by atoms with van der Waals surface area (Å²) in [4.78, 5) is 17.0. The van der Waals surface area contributed by atoms with Gasteiger partial charge in [-0.1, -0.05) is 61.2 Å². The summed E-state index contributed by atoms with van der Waals surface area (Å²) in [5, 5.41) is 9.26. The molecule has 150 valence electrons. The number of nitrogens with zero attached hydrogens (tertiary/aromatic N) is 4. The van der Waals surface area contributed by atoms with Crippen molar-refractivity contribution in [2.75, 3.05) is 0 Å². The number of aryl methyl sites for hydroxylation is 1. The van der Waals surface area contributed by atoms with Gasteiger partial charge in [0, 0.05) is 29.2 Å². The molecule has 6 heteroatoms. The van der Waals surface area contributed by atoms with Crippen LogP contribution in [0.5, 0.6) is 0 Å². The minimum Gasteiger partial charge on any atom is -0.293 e. The van der Waals surface area contributed by atoms with E-state index in [0.29, 0.717) is 10.7 Å². The summed E-state index contributed by atoms with van der Waals surface area (Å²) in [6.07, 6.45) is 4.45. The molecule has 1 unspecified atom stereocenters. The lowest BCUT2D eigenvalue weighted by Crippen LogP contribution is -2.14. The maximum Gasteiger partial charge on any atom is 0.196 e. The second kappa shape index (κ2) is 9.05. The number of carbonyl (C=O) groups is 1. The highest BCUT2D eigenvalue weighted by Crippen LogP contribution is 2.31. The van der Waals surface area contributed by atoms with E-state index >= 15 is 0 Å². The normalized spacial score (nSPS) is 11.9. The van der Waals surface area contributed by atoms with Gasteiger partial charge in [-0.15, -0.1) is 10.2 Å². The average Bonchev–Trinajstić information content (AvgIpc) is 3.23. The van der Waals surface area contributed by atoms with Gasteiger partial charge in [-0.2, -0.15) is 0 Å². The Morgan fingerprint density at radius 1 is 0.967 bits per heavy atom. The van der Waals surface area contributed by atoms with Crippen LogP contribution in [0, 0.1) is 0 Å². The van der Waals surface area contributed by atoms with E-state index in [2.05, 4.69) is 46.4 Å². The lowest BCUT2D eigenvalue weighted by molar-refractivity contribution is 0.0994. The molecular weight excluding hydrogens is 392 g/mol. The van der Waals surface area contributed by atoms with Crippen molar-refractivity contribution in [1.82, 2.24) is 19.7 Å². The number of carbonyl (C=O) groups excluding carboxylic acids is 1. The molecule has 0 saturated heterocycles. The Morgan fingerprint density at radius 3 is 2.33 bits per heavy atom. The first-order valence-corrected chi connectivity index (χ1v) is 10.8. The molecule has 4 rings (SSSR count). The summed E-state index contributed by atoms with van der Waals surface area (Å²) in [6, 6.07) is 21.5. The molecule has 0 aliphatic rings. The van der Waals surface area contributed by atoms with Crippen LogP contribution < -0.4 is 0 Å². The van der Waals surface area contributed by atoms with E-state index in [9.17, 15) is 4.79 Å². The first-order chi connectivity index (χ1) is 14.7. The van der Waals surface area contributed by atoms with Crippen molar-refractivity contribution >= 4 is 17.5 Å². The third kappa shape index (κ3) is 4.19. The fraction of sp³-hybridized carbons (Fsp3) is 0.167. The SMILES string of the molecule is CCc1ccc(-n2c(SC(C)C(=O)c3ccccc3)nnc2-c2ccncc2)cc1. The number of rotatable bonds is 7. The van der Waals surface area contributed by atoms with Gasteiger partial charge < -0.3 is 0 Å². The summed E-state index contributed by atoms with van der Waals surface area (Å²) in [6.45, 7) is 4.04. The molecular formula is C24H22N4OS. The number of hydrogen-bond donors (Lipinski definition) is 0. The zero-order valence-electron chi connectivity index (χ0n) is 16.9. The van der Waals surface area contributed by atoms with E-state index in [-0.39, 0.29) is 11.0 Å². The number of hydrogen-bond acceptors (Lipinski definition) is 5. The quantitative estimate of drug-likeness (QED) is 0.305. The lowest BCUT2D eigenvalue weighted by Gasteiger charge is -2.13. The molecule has 2 aromatic carbocycles. The van der Waals surface area contributed by atoms with Crippen LogP contribution in [0.4, 0.5) is 0 Å². The number of benzene rings is 2. The molecule has 0 N–H and O–H groups in total. The molecule has 0 aliphatic carbocycles. The first kappa shape index (κ1) is 20.0. The third-order valence-corrected chi connectivity index (χ3v) is 5.93. The van der Waals surface area contributed by atoms with E-state index < -0.39 is 0 Å². The molecule has 0 bridgehead atoms. The van der Waals surface area contributed by atoms with Gasteiger partial charge in [0.15, 0.2) is 16.8 Å². The largest absolute Gasteiger partial charge is 0.293 e. The average molecular weight is 415 g/mol. The Morgan fingerprint density at radius 2 is 1.67 bits per heavy atom. The number of aromatic nitrogens is 4. The minimum absolute atomic E-state index is 0.0712. The highest BCUT2D eigenvalue weighted by Gasteiger charge is 2.22. The molecule has 4 aromatic rings. The molecule has 0 fully saturated rings. The summed E-state index contributed by atoms with van der Waals surface area (Å²) in [7, 11) is 0. The summed E-state index contributed by atoms with van der Waals surface area (Å²) in [5.74, 6) is 0.797. The maximum atomic E-state index is 12.9. The van der Waals surface area contributed by atoms with E-state index in [1.807, 2.05) is 54.0 Å². The Kier molecular flexibility index (Phi) is 6.05. The topological polar surface area (TPSA) is 60.7 Å². The number of pyridine rings is 1. The fourth-order valence-electron chi connectivity index (χ4n) is 3.20. The molecule has 0 radical (unpaired) electrons. The monoisotopic (exact) mass is 414 g/mol. The number of Topliss-reactive ketones (excluding diaryl/α,β-unsaturated/α-hetero) is 1. The lowest BCUT2D eigenvalue weighted by atomic mass is 10.1. The molecule has 2 heterocycles. The van der Waals surface area contributed by atoms with Gasteiger partial charge in [0.25, 0.3) is 0 Å². The molecule has 0 spiro atoms. The maximum absolute atomic E-state index is 12.9. The Balaban J connectivity index is 1.72. The van der Waals surface area contributed by atoms with E-state index in [1.165, 1.54) is 17.3 Å². The van der Waals surface area contributed by atoms with E-state index in [4.69, 9.17) is 0 Å². The standard InChI is InChI=1S/C24H22N4OS/c1-3-18-9-11-21(12-10-18)28-23(20-13-15-25-16-14-20)26-27-24(28)30-17(2)22(29)19-7-5-4-6-8-19/h4-17H,3H2,1-2H3. The van der Waals surface area contributed by atoms with Gasteiger partial charge in [-0.3, -0.25) is 14.3 Å². The van der Waals surface area contributed by atoms with Crippen LogP contribution in [0.1, 0.15) is 29.8 Å². The Labute approximate surface area is 180 Å². The van der Waals surface area contributed by atoms with Crippen LogP contribution in [0.15, 0.2) is 84.3 Å². The first-order valence-electron chi connectivity index (χ1n) is 9.88. The smallest absolute Gasteiger partial charge is 0.196 e. The van der Waals surface area contributed by atoms with Crippen LogP contribution in [0.25, 0.3) is 17.1 Å². The van der Waals surface area contributed by atoms with Crippen molar-refractivity contribution < 1.29 is 4.79 Å². The van der Waals surface area contributed by atoms with E-state index in [1.54, 1.807) is 12.4 Å². The third-order valence-electron chi connectivity index (χ3n) is 4.88. The van der Waals surface area contributed by atoms with Gasteiger partial charge in [0.1, 0.15) is 0 Å². The minimum atomic E-state index is -0.296. The van der Waals surface area contributed by atoms with Gasteiger partial charge in [0.2, 0.25) is 0 Å². The molecule has 0 aliphatic heterocycles. The van der Waals surface area contributed by atoms with Gasteiger partial charge in [-0.05, 0) is 43.2 Å². The van der Waals surface area contributed by atoms with Crippen LogP contribution >= 0.6 is 11.8 Å². The summed E-state index contributed by atoms with van der Waals surface area (Å²) in [5.41, 5.74) is 3.85. The Hall–Kier alpha value is -3.25. The Bertz CT molecular complexity index is 1130. The van der Waals surface area contributed by atoms with Crippen molar-refractivity contribution in [3.63, 3.8) is 0 Å². The molecule has 0 amide bonds. The summed E-state index contributed by atoms with van der Waals surface area (Å²) < 4.78 is 2.01.